The van der Waals surface area contributed by atoms with Gasteiger partial charge in [-0.15, -0.1) is 0 Å². The van der Waals surface area contributed by atoms with Crippen molar-refractivity contribution in [2.24, 2.45) is 5.73 Å². The van der Waals surface area contributed by atoms with Crippen LogP contribution in [0, 0.1) is 0 Å². The predicted octanol–water partition coefficient (Wildman–Crippen LogP) is -0.272. The highest BCUT2D eigenvalue weighted by atomic mass is 16.3. The lowest BCUT2D eigenvalue weighted by molar-refractivity contribution is 0.0993. The molecule has 1 amide bonds. The number of nitrogens with two attached hydrogens (primary N) is 1. The minimum Gasteiger partial charge on any atom is -0.505 e. The number of aromatic nitrogens is 2. The van der Waals surface area contributed by atoms with Gasteiger partial charge in [-0.05, 0) is 12.1 Å². The van der Waals surface area contributed by atoms with E-state index in [-0.39, 0.29) is 22.3 Å². The molecule has 6 heteroatoms. The van der Waals surface area contributed by atoms with E-state index in [1.807, 2.05) is 0 Å². The molecule has 0 bridgehead atoms. The molecule has 0 aliphatic carbocycles. The van der Waals surface area contributed by atoms with Crippen molar-refractivity contribution < 1.29 is 9.90 Å². The van der Waals surface area contributed by atoms with Crippen molar-refractivity contribution in [1.82, 2.24) is 9.97 Å². The van der Waals surface area contributed by atoms with E-state index in [0.717, 1.165) is 0 Å². The Bertz CT molecular complexity index is 603. The van der Waals surface area contributed by atoms with Crippen molar-refractivity contribution in [2.75, 3.05) is 0 Å². The first kappa shape index (κ1) is 9.20. The van der Waals surface area contributed by atoms with Gasteiger partial charge in [0.25, 0.3) is 11.5 Å². The number of rotatable bonds is 1. The normalized spacial score (nSPS) is 10.4. The molecule has 0 fully saturated rings. The van der Waals surface area contributed by atoms with Crippen molar-refractivity contribution in [3.05, 3.63) is 34.4 Å². The summed E-state index contributed by atoms with van der Waals surface area (Å²) in [5.41, 5.74) is 4.19. The summed E-state index contributed by atoms with van der Waals surface area (Å²) in [6, 6.07) is 3.03. The van der Waals surface area contributed by atoms with E-state index < -0.39 is 11.5 Å². The van der Waals surface area contributed by atoms with Gasteiger partial charge in [0.15, 0.2) is 5.75 Å². The van der Waals surface area contributed by atoms with Crippen molar-refractivity contribution in [3.8, 4) is 5.75 Å². The van der Waals surface area contributed by atoms with Gasteiger partial charge < -0.3 is 15.8 Å². The maximum absolute atomic E-state index is 11.4. The number of fused-ring (bicyclic) bond motifs is 1. The Morgan fingerprint density at radius 3 is 2.93 bits per heavy atom. The number of nitrogens with zero attached hydrogens (tertiary/aromatic N) is 1. The molecule has 4 N–H and O–H groups in total. The molecular weight excluding hydrogens is 198 g/mol. The number of primary amides is 1. The van der Waals surface area contributed by atoms with Gasteiger partial charge in [0, 0.05) is 6.20 Å². The van der Waals surface area contributed by atoms with E-state index in [4.69, 9.17) is 5.73 Å². The largest absolute Gasteiger partial charge is 0.505 e. The van der Waals surface area contributed by atoms with Crippen molar-refractivity contribution in [3.63, 3.8) is 0 Å². The fourth-order valence-corrected chi connectivity index (χ4v) is 1.32. The molecule has 15 heavy (non-hydrogen) atoms. The molecule has 2 aromatic rings. The summed E-state index contributed by atoms with van der Waals surface area (Å²) in [6.07, 6.45) is 1.42. The second-order valence-electron chi connectivity index (χ2n) is 2.94. The quantitative estimate of drug-likeness (QED) is 0.595. The van der Waals surface area contributed by atoms with E-state index >= 15 is 0 Å². The number of carbonyl (C=O) groups is 1. The van der Waals surface area contributed by atoms with Crippen LogP contribution in [0.3, 0.4) is 0 Å². The third-order valence-electron chi connectivity index (χ3n) is 2.00. The molecule has 76 valence electrons. The van der Waals surface area contributed by atoms with Crippen LogP contribution in [0.1, 0.15) is 10.5 Å². The van der Waals surface area contributed by atoms with E-state index in [9.17, 15) is 14.7 Å². The highest BCUT2D eigenvalue weighted by molar-refractivity contribution is 5.99. The van der Waals surface area contributed by atoms with Gasteiger partial charge in [-0.25, -0.2) is 0 Å². The highest BCUT2D eigenvalue weighted by Gasteiger charge is 2.14. The molecule has 0 aliphatic heterocycles. The maximum atomic E-state index is 11.4. The molecule has 0 aromatic carbocycles. The highest BCUT2D eigenvalue weighted by Crippen LogP contribution is 2.22. The van der Waals surface area contributed by atoms with E-state index in [0.29, 0.717) is 0 Å². The average Bonchev–Trinajstić information content (AvgIpc) is 2.23. The summed E-state index contributed by atoms with van der Waals surface area (Å²) >= 11 is 0. The van der Waals surface area contributed by atoms with Gasteiger partial charge in [-0.3, -0.25) is 14.6 Å². The SMILES string of the molecule is NC(=O)c1[nH]c(=O)c2ncccc2c1O. The smallest absolute Gasteiger partial charge is 0.275 e. The van der Waals surface area contributed by atoms with Crippen LogP contribution in [0.2, 0.25) is 0 Å². The van der Waals surface area contributed by atoms with Gasteiger partial charge >= 0.3 is 0 Å². The number of nitrogens with one attached hydrogen (secondary N) is 1. The molecule has 0 radical (unpaired) electrons. The van der Waals surface area contributed by atoms with Gasteiger partial charge in [0.05, 0.1) is 5.39 Å². The molecule has 2 heterocycles. The van der Waals surface area contributed by atoms with Gasteiger partial charge in [-0.2, -0.15) is 0 Å². The summed E-state index contributed by atoms with van der Waals surface area (Å²) in [7, 11) is 0. The summed E-state index contributed by atoms with van der Waals surface area (Å²) in [4.78, 5) is 28.3. The Hall–Kier alpha value is -2.37. The van der Waals surface area contributed by atoms with Gasteiger partial charge in [0.1, 0.15) is 11.2 Å². The van der Waals surface area contributed by atoms with Crippen LogP contribution in [0.4, 0.5) is 0 Å². The number of aromatic hydroxyl groups is 1. The Morgan fingerprint density at radius 1 is 1.53 bits per heavy atom. The molecule has 2 aromatic heterocycles. The van der Waals surface area contributed by atoms with Gasteiger partial charge in [-0.1, -0.05) is 0 Å². The Labute approximate surface area is 83.4 Å². The van der Waals surface area contributed by atoms with Crippen LogP contribution in [-0.2, 0) is 0 Å². The minimum absolute atomic E-state index is 0.0694. The Balaban J connectivity index is 2.97. The van der Waals surface area contributed by atoms with Crippen LogP contribution in [0.5, 0.6) is 5.75 Å². The second kappa shape index (κ2) is 3.09. The van der Waals surface area contributed by atoms with E-state index in [1.165, 1.54) is 12.3 Å². The van der Waals surface area contributed by atoms with Crippen molar-refractivity contribution in [2.45, 2.75) is 0 Å². The summed E-state index contributed by atoms with van der Waals surface area (Å²) < 4.78 is 0. The fourth-order valence-electron chi connectivity index (χ4n) is 1.32. The lowest BCUT2D eigenvalue weighted by Crippen LogP contribution is -2.19. The van der Waals surface area contributed by atoms with Crippen LogP contribution >= 0.6 is 0 Å². The zero-order valence-corrected chi connectivity index (χ0v) is 7.52. The van der Waals surface area contributed by atoms with E-state index in [1.54, 1.807) is 6.07 Å². The Kier molecular flexibility index (Phi) is 1.89. The Morgan fingerprint density at radius 2 is 2.27 bits per heavy atom. The standard InChI is InChI=1S/C9H7N3O3/c10-8(14)6-7(13)4-2-1-3-11-5(4)9(15)12-6/h1-3,13H,(H2,10,14)(H,12,15). The number of hydrogen-bond donors (Lipinski definition) is 3. The van der Waals surface area contributed by atoms with E-state index in [2.05, 4.69) is 9.97 Å². The lowest BCUT2D eigenvalue weighted by atomic mass is 10.2. The lowest BCUT2D eigenvalue weighted by Gasteiger charge is -2.03. The molecule has 0 saturated carbocycles. The molecular formula is C9H7N3O3. The van der Waals surface area contributed by atoms with Crippen LogP contribution in [0.15, 0.2) is 23.1 Å². The molecule has 0 atom stereocenters. The molecule has 6 nitrogen and oxygen atoms in total. The monoisotopic (exact) mass is 205 g/mol. The topological polar surface area (TPSA) is 109 Å². The maximum Gasteiger partial charge on any atom is 0.275 e. The van der Waals surface area contributed by atoms with Crippen LogP contribution in [-0.4, -0.2) is 21.0 Å². The first-order chi connectivity index (χ1) is 7.11. The second-order valence-corrected chi connectivity index (χ2v) is 2.94. The van der Waals surface area contributed by atoms with Crippen molar-refractivity contribution in [1.29, 1.82) is 0 Å². The fraction of sp³-hybridized carbons (Fsp3) is 0. The minimum atomic E-state index is -0.893. The third-order valence-corrected chi connectivity index (χ3v) is 2.00. The molecule has 2 rings (SSSR count). The summed E-state index contributed by atoms with van der Waals surface area (Å²) in [5.74, 6) is -1.25. The molecule has 0 saturated heterocycles. The zero-order chi connectivity index (χ0) is 11.0. The van der Waals surface area contributed by atoms with Crippen molar-refractivity contribution >= 4 is 16.8 Å². The number of carbonyl (C=O) groups excluding carboxylic acids is 1. The number of amides is 1. The number of hydrogen-bond acceptors (Lipinski definition) is 4. The zero-order valence-electron chi connectivity index (χ0n) is 7.52. The van der Waals surface area contributed by atoms with Gasteiger partial charge in [0.2, 0.25) is 0 Å². The average molecular weight is 205 g/mol. The van der Waals surface area contributed by atoms with Crippen LogP contribution in [0.25, 0.3) is 10.9 Å². The molecule has 0 spiro atoms. The molecule has 0 unspecified atom stereocenters. The molecule has 0 aliphatic rings. The predicted molar refractivity (Wildman–Crippen MR) is 52.5 cm³/mol. The summed E-state index contributed by atoms with van der Waals surface area (Å²) in [5, 5.41) is 9.84. The number of aromatic amines is 1. The third kappa shape index (κ3) is 1.32. The first-order valence-corrected chi connectivity index (χ1v) is 4.11. The number of pyridine rings is 2. The summed E-state index contributed by atoms with van der Waals surface area (Å²) in [6.45, 7) is 0. The first-order valence-electron chi connectivity index (χ1n) is 4.11. The van der Waals surface area contributed by atoms with Crippen LogP contribution < -0.4 is 11.3 Å². The number of H-pyrrole nitrogens is 1.